The highest BCUT2D eigenvalue weighted by atomic mass is 35.5. The van der Waals surface area contributed by atoms with Crippen LogP contribution in [-0.4, -0.2) is 0 Å². The molecule has 1 aromatic heterocycles. The molecule has 0 bridgehead atoms. The normalized spacial score (nSPS) is 11.8. The van der Waals surface area contributed by atoms with Crippen molar-refractivity contribution in [3.05, 3.63) is 96.0 Å². The van der Waals surface area contributed by atoms with Gasteiger partial charge in [0.1, 0.15) is 11.2 Å². The van der Waals surface area contributed by atoms with Crippen molar-refractivity contribution in [3.63, 3.8) is 0 Å². The molecule has 5 aromatic rings. The van der Waals surface area contributed by atoms with Gasteiger partial charge in [-0.15, -0.1) is 0 Å². The van der Waals surface area contributed by atoms with E-state index in [4.69, 9.17) is 17.4 Å². The molecule has 0 N–H and O–H groups in total. The fourth-order valence-corrected chi connectivity index (χ4v) is 3.68. The van der Waals surface area contributed by atoms with Crippen LogP contribution in [0.15, 0.2) is 95.4 Å². The molecule has 0 atom stereocenters. The summed E-state index contributed by atoms with van der Waals surface area (Å²) in [5.41, 5.74) is 5.73. The van der Waals surface area contributed by atoms with E-state index in [0.29, 0.717) is 16.6 Å². The highest BCUT2D eigenvalue weighted by Crippen LogP contribution is 2.38. The summed E-state index contributed by atoms with van der Waals surface area (Å²) in [5.74, 6) is 0. The summed E-state index contributed by atoms with van der Waals surface area (Å²) in [6.07, 6.45) is 0. The van der Waals surface area contributed by atoms with E-state index in [2.05, 4.69) is 36.4 Å². The number of hydrogen-bond acceptors (Lipinski definition) is 1. The maximum atomic E-state index is 8.14. The quantitative estimate of drug-likeness (QED) is 0.318. The molecule has 0 aliphatic heterocycles. The SMILES string of the molecule is [2H]c1ccc(Cl)c2c1oc1c(-c3ccc(-c4ccccc4)cc3)cccc12. The van der Waals surface area contributed by atoms with E-state index in [-0.39, 0.29) is 0 Å². The first-order valence-corrected chi connectivity index (χ1v) is 8.86. The van der Waals surface area contributed by atoms with Crippen molar-refractivity contribution in [2.45, 2.75) is 0 Å². The van der Waals surface area contributed by atoms with Crippen LogP contribution in [0, 0.1) is 0 Å². The van der Waals surface area contributed by atoms with Gasteiger partial charge in [-0.05, 0) is 28.8 Å². The fourth-order valence-electron chi connectivity index (χ4n) is 3.43. The number of furan rings is 1. The zero-order valence-electron chi connectivity index (χ0n) is 14.9. The summed E-state index contributed by atoms with van der Waals surface area (Å²) < 4.78 is 14.2. The summed E-state index contributed by atoms with van der Waals surface area (Å²) in [6, 6.07) is 28.6. The molecule has 26 heavy (non-hydrogen) atoms. The molecule has 124 valence electrons. The average molecular weight is 356 g/mol. The Morgan fingerprint density at radius 2 is 1.42 bits per heavy atom. The number of hydrogen-bond donors (Lipinski definition) is 0. The Hall–Kier alpha value is -3.03. The molecule has 0 saturated heterocycles. The molecule has 0 saturated carbocycles. The number of halogens is 1. The van der Waals surface area contributed by atoms with Crippen LogP contribution in [0.2, 0.25) is 5.02 Å². The topological polar surface area (TPSA) is 13.1 Å². The monoisotopic (exact) mass is 355 g/mol. The predicted octanol–water partition coefficient (Wildman–Crippen LogP) is 7.57. The van der Waals surface area contributed by atoms with Crippen LogP contribution in [0.5, 0.6) is 0 Å². The minimum atomic E-state index is 0.343. The van der Waals surface area contributed by atoms with Gasteiger partial charge in [0.05, 0.1) is 6.39 Å². The Labute approximate surface area is 157 Å². The number of fused-ring (bicyclic) bond motifs is 3. The summed E-state index contributed by atoms with van der Waals surface area (Å²) in [4.78, 5) is 0. The van der Waals surface area contributed by atoms with Crippen molar-refractivity contribution < 1.29 is 5.79 Å². The third-order valence-electron chi connectivity index (χ3n) is 4.70. The first-order chi connectivity index (χ1) is 13.2. The second-order valence-electron chi connectivity index (χ2n) is 6.26. The largest absolute Gasteiger partial charge is 0.455 e. The van der Waals surface area contributed by atoms with Crippen LogP contribution in [-0.2, 0) is 0 Å². The predicted molar refractivity (Wildman–Crippen MR) is 110 cm³/mol. The summed E-state index contributed by atoms with van der Waals surface area (Å²) in [7, 11) is 0. The van der Waals surface area contributed by atoms with E-state index < -0.39 is 0 Å². The third-order valence-corrected chi connectivity index (χ3v) is 5.02. The van der Waals surface area contributed by atoms with E-state index in [9.17, 15) is 0 Å². The Morgan fingerprint density at radius 3 is 2.23 bits per heavy atom. The van der Waals surface area contributed by atoms with Crippen molar-refractivity contribution in [3.8, 4) is 22.3 Å². The lowest BCUT2D eigenvalue weighted by molar-refractivity contribution is 0.670. The van der Waals surface area contributed by atoms with E-state index in [0.717, 1.165) is 27.5 Å². The van der Waals surface area contributed by atoms with Gasteiger partial charge >= 0.3 is 0 Å². The van der Waals surface area contributed by atoms with Gasteiger partial charge in [0, 0.05) is 16.3 Å². The summed E-state index contributed by atoms with van der Waals surface area (Å²) in [5, 5.41) is 2.35. The molecule has 2 heteroatoms. The highest BCUT2D eigenvalue weighted by molar-refractivity contribution is 6.37. The van der Waals surface area contributed by atoms with Gasteiger partial charge in [0.15, 0.2) is 0 Å². The Bertz CT molecular complexity index is 1270. The van der Waals surface area contributed by atoms with Gasteiger partial charge in [-0.1, -0.05) is 90.5 Å². The maximum absolute atomic E-state index is 8.14. The van der Waals surface area contributed by atoms with Crippen LogP contribution in [0.1, 0.15) is 1.37 Å². The lowest BCUT2D eigenvalue weighted by atomic mass is 9.99. The molecule has 1 heterocycles. The minimum absolute atomic E-state index is 0.343. The number of rotatable bonds is 2. The van der Waals surface area contributed by atoms with E-state index in [1.165, 1.54) is 11.1 Å². The standard InChI is InChI=1S/C24H15ClO/c25-21-10-5-11-22-23(21)20-9-4-8-19(24(20)26-22)18-14-12-17(13-15-18)16-6-2-1-3-7-16/h1-15H/i11D. The zero-order chi connectivity index (χ0) is 18.4. The van der Waals surface area contributed by atoms with Crippen molar-refractivity contribution in [2.75, 3.05) is 0 Å². The van der Waals surface area contributed by atoms with Crippen LogP contribution in [0.4, 0.5) is 0 Å². The maximum Gasteiger partial charge on any atom is 0.143 e. The molecule has 0 aliphatic carbocycles. The van der Waals surface area contributed by atoms with Crippen molar-refractivity contribution >= 4 is 33.5 Å². The van der Waals surface area contributed by atoms with Gasteiger partial charge in [-0.2, -0.15) is 0 Å². The zero-order valence-corrected chi connectivity index (χ0v) is 14.6. The molecule has 0 unspecified atom stereocenters. The van der Waals surface area contributed by atoms with Gasteiger partial charge < -0.3 is 4.42 Å². The second kappa shape index (κ2) is 6.05. The molecule has 0 amide bonds. The Balaban J connectivity index is 1.69. The molecule has 1 nitrogen and oxygen atoms in total. The molecule has 5 rings (SSSR count). The first kappa shape index (κ1) is 14.2. The van der Waals surface area contributed by atoms with Gasteiger partial charge in [0.25, 0.3) is 0 Å². The smallest absolute Gasteiger partial charge is 0.143 e. The lowest BCUT2D eigenvalue weighted by Crippen LogP contribution is -1.81. The summed E-state index contributed by atoms with van der Waals surface area (Å²) in [6.45, 7) is 0. The first-order valence-electron chi connectivity index (χ1n) is 8.98. The average Bonchev–Trinajstić information content (AvgIpc) is 3.13. The molecular weight excluding hydrogens is 340 g/mol. The molecule has 0 aliphatic rings. The van der Waals surface area contributed by atoms with E-state index in [1.54, 1.807) is 12.1 Å². The van der Waals surface area contributed by atoms with Gasteiger partial charge in [-0.25, -0.2) is 0 Å². The molecular formula is C24H15ClO. The fraction of sp³-hybridized carbons (Fsp3) is 0. The number of benzene rings is 4. The Kier molecular flexibility index (Phi) is 3.30. The second-order valence-corrected chi connectivity index (χ2v) is 6.66. The molecule has 4 aromatic carbocycles. The number of para-hydroxylation sites is 1. The van der Waals surface area contributed by atoms with Crippen molar-refractivity contribution in [1.82, 2.24) is 0 Å². The van der Waals surface area contributed by atoms with Gasteiger partial charge in [0.2, 0.25) is 0 Å². The molecule has 0 radical (unpaired) electrons. The molecule has 0 spiro atoms. The van der Waals surface area contributed by atoms with E-state index in [1.807, 2.05) is 36.4 Å². The third kappa shape index (κ3) is 2.40. The summed E-state index contributed by atoms with van der Waals surface area (Å²) >= 11 is 6.39. The minimum Gasteiger partial charge on any atom is -0.455 e. The van der Waals surface area contributed by atoms with Crippen LogP contribution >= 0.6 is 11.6 Å². The van der Waals surface area contributed by atoms with Crippen LogP contribution < -0.4 is 0 Å². The van der Waals surface area contributed by atoms with Crippen LogP contribution in [0.25, 0.3) is 44.2 Å². The van der Waals surface area contributed by atoms with Crippen LogP contribution in [0.3, 0.4) is 0 Å². The highest BCUT2D eigenvalue weighted by Gasteiger charge is 2.14. The molecule has 0 fully saturated rings. The lowest BCUT2D eigenvalue weighted by Gasteiger charge is -2.05. The van der Waals surface area contributed by atoms with Crippen molar-refractivity contribution in [1.29, 1.82) is 0 Å². The van der Waals surface area contributed by atoms with Crippen molar-refractivity contribution in [2.24, 2.45) is 0 Å². The Morgan fingerprint density at radius 1 is 0.692 bits per heavy atom. The van der Waals surface area contributed by atoms with Gasteiger partial charge in [-0.3, -0.25) is 0 Å². The van der Waals surface area contributed by atoms with E-state index >= 15 is 0 Å².